The number of unbranched alkanes of at least 4 members (excludes halogenated alkanes) is 1. The minimum atomic E-state index is -0.131. The van der Waals surface area contributed by atoms with Crippen molar-refractivity contribution in [2.24, 2.45) is 5.92 Å². The molecule has 1 fully saturated rings. The van der Waals surface area contributed by atoms with Crippen molar-refractivity contribution in [2.45, 2.75) is 72.1 Å². The number of nitrogens with one attached hydrogen (secondary N) is 1. The van der Waals surface area contributed by atoms with Crippen molar-refractivity contribution in [3.05, 3.63) is 46.8 Å². The lowest BCUT2D eigenvalue weighted by Gasteiger charge is -2.20. The number of nitrogens with zero attached hydrogens (tertiary/aromatic N) is 2. The second kappa shape index (κ2) is 9.18. The van der Waals surface area contributed by atoms with E-state index in [2.05, 4.69) is 17.3 Å². The quantitative estimate of drug-likeness (QED) is 0.761. The maximum atomic E-state index is 12.9. The van der Waals surface area contributed by atoms with Gasteiger partial charge in [-0.3, -0.25) is 9.59 Å². The number of rotatable bonds is 6. The van der Waals surface area contributed by atoms with Gasteiger partial charge in [-0.15, -0.1) is 0 Å². The van der Waals surface area contributed by atoms with E-state index in [1.165, 1.54) is 16.7 Å². The summed E-state index contributed by atoms with van der Waals surface area (Å²) in [4.78, 5) is 25.3. The Balaban J connectivity index is 1.69. The molecule has 0 radical (unpaired) electrons. The second-order valence-electron chi connectivity index (χ2n) is 7.87. The van der Waals surface area contributed by atoms with Gasteiger partial charge in [-0.05, 0) is 69.4 Å². The maximum Gasteiger partial charge on any atom is 0.278 e. The van der Waals surface area contributed by atoms with Gasteiger partial charge in [0, 0.05) is 22.9 Å². The Labute approximate surface area is 167 Å². The van der Waals surface area contributed by atoms with E-state index >= 15 is 0 Å². The molecule has 5 nitrogen and oxygen atoms in total. The molecule has 1 heterocycles. The van der Waals surface area contributed by atoms with Crippen molar-refractivity contribution in [1.82, 2.24) is 9.78 Å². The fraction of sp³-hybridized carbons (Fsp3) is 0.522. The van der Waals surface area contributed by atoms with Crippen LogP contribution in [0.2, 0.25) is 0 Å². The molecule has 0 aliphatic heterocycles. The summed E-state index contributed by atoms with van der Waals surface area (Å²) in [7, 11) is 0. The van der Waals surface area contributed by atoms with Gasteiger partial charge in [-0.1, -0.05) is 32.6 Å². The fourth-order valence-electron chi connectivity index (χ4n) is 4.02. The molecule has 0 unspecified atom stereocenters. The third kappa shape index (κ3) is 4.51. The van der Waals surface area contributed by atoms with E-state index < -0.39 is 0 Å². The molecule has 1 aromatic heterocycles. The number of anilines is 1. The number of aromatic nitrogens is 2. The summed E-state index contributed by atoms with van der Waals surface area (Å²) in [5, 5.41) is 7.46. The SMILES string of the molecule is CCCCc1c(C)nn(C(=O)c2ccc(NC(=O)C3CCCCC3)cc2)c1C. The highest BCUT2D eigenvalue weighted by Gasteiger charge is 2.21. The lowest BCUT2D eigenvalue weighted by atomic mass is 9.88. The van der Waals surface area contributed by atoms with Gasteiger partial charge in [0.15, 0.2) is 0 Å². The largest absolute Gasteiger partial charge is 0.326 e. The van der Waals surface area contributed by atoms with Crippen molar-refractivity contribution in [3.8, 4) is 0 Å². The standard InChI is InChI=1S/C23H31N3O2/c1-4-5-11-21-16(2)25-26(17(21)3)23(28)19-12-14-20(15-13-19)24-22(27)18-9-7-6-8-10-18/h12-15,18H,4-11H2,1-3H3,(H,24,27). The Hall–Kier alpha value is -2.43. The molecular formula is C23H31N3O2. The number of aryl methyl sites for hydroxylation is 1. The summed E-state index contributed by atoms with van der Waals surface area (Å²) < 4.78 is 1.51. The Morgan fingerprint density at radius 3 is 2.43 bits per heavy atom. The number of carbonyl (C=O) groups excluding carboxylic acids is 2. The summed E-state index contributed by atoms with van der Waals surface area (Å²) in [5.41, 5.74) is 4.33. The van der Waals surface area contributed by atoms with Crippen LogP contribution in [0.3, 0.4) is 0 Å². The van der Waals surface area contributed by atoms with E-state index in [1.807, 2.05) is 13.8 Å². The fourth-order valence-corrected chi connectivity index (χ4v) is 4.02. The Kier molecular flexibility index (Phi) is 6.65. The lowest BCUT2D eigenvalue weighted by Crippen LogP contribution is -2.24. The average molecular weight is 382 g/mol. The zero-order valence-corrected chi connectivity index (χ0v) is 17.3. The van der Waals surface area contributed by atoms with Crippen LogP contribution in [0.5, 0.6) is 0 Å². The topological polar surface area (TPSA) is 64.0 Å². The van der Waals surface area contributed by atoms with Crippen LogP contribution in [0.1, 0.15) is 79.2 Å². The van der Waals surface area contributed by atoms with Crippen molar-refractivity contribution in [1.29, 1.82) is 0 Å². The first-order valence-corrected chi connectivity index (χ1v) is 10.5. The van der Waals surface area contributed by atoms with Crippen LogP contribution in [-0.2, 0) is 11.2 Å². The van der Waals surface area contributed by atoms with E-state index in [0.717, 1.165) is 62.0 Å². The van der Waals surface area contributed by atoms with Crippen LogP contribution in [0.25, 0.3) is 0 Å². The van der Waals surface area contributed by atoms with Crippen LogP contribution >= 0.6 is 0 Å². The van der Waals surface area contributed by atoms with E-state index in [9.17, 15) is 9.59 Å². The predicted molar refractivity (Wildman–Crippen MR) is 112 cm³/mol. The van der Waals surface area contributed by atoms with E-state index in [1.54, 1.807) is 24.3 Å². The smallest absolute Gasteiger partial charge is 0.278 e. The number of carbonyl (C=O) groups is 2. The van der Waals surface area contributed by atoms with Crippen molar-refractivity contribution in [3.63, 3.8) is 0 Å². The molecule has 1 aliphatic rings. The molecule has 1 saturated carbocycles. The van der Waals surface area contributed by atoms with Crippen LogP contribution in [-0.4, -0.2) is 21.6 Å². The minimum Gasteiger partial charge on any atom is -0.326 e. The summed E-state index contributed by atoms with van der Waals surface area (Å²) in [6, 6.07) is 7.14. The summed E-state index contributed by atoms with van der Waals surface area (Å²) in [5.74, 6) is 0.0812. The first kappa shape index (κ1) is 20.3. The van der Waals surface area contributed by atoms with Gasteiger partial charge < -0.3 is 5.32 Å². The molecule has 3 rings (SSSR count). The maximum absolute atomic E-state index is 12.9. The molecule has 5 heteroatoms. The number of hydrogen-bond donors (Lipinski definition) is 1. The normalized spacial score (nSPS) is 14.8. The van der Waals surface area contributed by atoms with Gasteiger partial charge in [-0.25, -0.2) is 4.68 Å². The van der Waals surface area contributed by atoms with Gasteiger partial charge >= 0.3 is 0 Å². The van der Waals surface area contributed by atoms with Gasteiger partial charge in [0.05, 0.1) is 5.69 Å². The van der Waals surface area contributed by atoms with Gasteiger partial charge in [-0.2, -0.15) is 5.10 Å². The van der Waals surface area contributed by atoms with E-state index in [4.69, 9.17) is 0 Å². The van der Waals surface area contributed by atoms with Crippen LogP contribution in [0.4, 0.5) is 5.69 Å². The molecule has 28 heavy (non-hydrogen) atoms. The predicted octanol–water partition coefficient (Wildman–Crippen LogP) is 5.05. The highest BCUT2D eigenvalue weighted by atomic mass is 16.2. The zero-order valence-electron chi connectivity index (χ0n) is 17.3. The summed E-state index contributed by atoms with van der Waals surface area (Å²) in [6.45, 7) is 6.09. The Bertz CT molecular complexity index is 830. The highest BCUT2D eigenvalue weighted by Crippen LogP contribution is 2.25. The number of amides is 1. The number of benzene rings is 1. The molecule has 0 atom stereocenters. The Morgan fingerprint density at radius 2 is 1.79 bits per heavy atom. The second-order valence-corrected chi connectivity index (χ2v) is 7.87. The molecule has 0 spiro atoms. The van der Waals surface area contributed by atoms with E-state index in [0.29, 0.717) is 5.56 Å². The molecule has 0 saturated heterocycles. The molecular weight excluding hydrogens is 350 g/mol. The van der Waals surface area contributed by atoms with Crippen LogP contribution in [0.15, 0.2) is 24.3 Å². The summed E-state index contributed by atoms with van der Waals surface area (Å²) in [6.07, 6.45) is 8.61. The van der Waals surface area contributed by atoms with Gasteiger partial charge in [0.1, 0.15) is 0 Å². The molecule has 2 aromatic rings. The van der Waals surface area contributed by atoms with Gasteiger partial charge in [0.2, 0.25) is 5.91 Å². The van der Waals surface area contributed by atoms with Gasteiger partial charge in [0.25, 0.3) is 5.91 Å². The third-order valence-electron chi connectivity index (χ3n) is 5.79. The number of hydrogen-bond acceptors (Lipinski definition) is 3. The molecule has 0 bridgehead atoms. The van der Waals surface area contributed by atoms with Crippen LogP contribution < -0.4 is 5.32 Å². The highest BCUT2D eigenvalue weighted by molar-refractivity contribution is 5.97. The molecule has 1 aromatic carbocycles. The monoisotopic (exact) mass is 381 g/mol. The minimum absolute atomic E-state index is 0.0953. The van der Waals surface area contributed by atoms with Crippen LogP contribution in [0, 0.1) is 19.8 Å². The average Bonchev–Trinajstić information content (AvgIpc) is 3.00. The first-order valence-electron chi connectivity index (χ1n) is 10.5. The zero-order chi connectivity index (χ0) is 20.1. The van der Waals surface area contributed by atoms with Crippen molar-refractivity contribution in [2.75, 3.05) is 5.32 Å². The van der Waals surface area contributed by atoms with E-state index in [-0.39, 0.29) is 17.7 Å². The molecule has 150 valence electrons. The molecule has 1 aliphatic carbocycles. The molecule has 1 amide bonds. The third-order valence-corrected chi connectivity index (χ3v) is 5.79. The summed E-state index contributed by atoms with van der Waals surface area (Å²) >= 11 is 0. The first-order chi connectivity index (χ1) is 13.5. The lowest BCUT2D eigenvalue weighted by molar-refractivity contribution is -0.120. The van der Waals surface area contributed by atoms with Crippen molar-refractivity contribution < 1.29 is 9.59 Å². The molecule has 1 N–H and O–H groups in total. The Morgan fingerprint density at radius 1 is 1.11 bits per heavy atom. The van der Waals surface area contributed by atoms with Crippen molar-refractivity contribution >= 4 is 17.5 Å².